The first-order chi connectivity index (χ1) is 17.7. The number of piperidine rings is 1. The van der Waals surface area contributed by atoms with Crippen molar-refractivity contribution in [2.24, 2.45) is 0 Å². The van der Waals surface area contributed by atoms with Crippen molar-refractivity contribution in [1.29, 1.82) is 0 Å². The quantitative estimate of drug-likeness (QED) is 0.410. The lowest BCUT2D eigenvalue weighted by molar-refractivity contribution is 0.0692. The highest BCUT2D eigenvalue weighted by atomic mass is 35.5. The van der Waals surface area contributed by atoms with Gasteiger partial charge in [-0.1, -0.05) is 37.1 Å². The van der Waals surface area contributed by atoms with Crippen molar-refractivity contribution in [3.8, 4) is 11.5 Å². The zero-order chi connectivity index (χ0) is 26.7. The number of nitrogens with zero attached hydrogens (tertiary/aromatic N) is 2. The van der Waals surface area contributed by atoms with Gasteiger partial charge in [-0.2, -0.15) is 0 Å². The van der Waals surface area contributed by atoms with Crippen LogP contribution in [-0.4, -0.2) is 38.6 Å². The Morgan fingerprint density at radius 2 is 2.08 bits per heavy atom. The minimum Gasteiger partial charge on any atom is -0.478 e. The summed E-state index contributed by atoms with van der Waals surface area (Å²) in [5, 5.41) is 10.1. The minimum absolute atomic E-state index is 0.195. The molecule has 0 saturated carbocycles. The fraction of sp³-hybridized carbons (Fsp3) is 0.370. The number of halogens is 2. The molecule has 37 heavy (non-hydrogen) atoms. The summed E-state index contributed by atoms with van der Waals surface area (Å²) < 4.78 is 23.3. The van der Waals surface area contributed by atoms with E-state index in [2.05, 4.69) is 9.88 Å². The molecular weight excluding hydrogens is 501 g/mol. The van der Waals surface area contributed by atoms with Crippen molar-refractivity contribution < 1.29 is 19.0 Å². The van der Waals surface area contributed by atoms with E-state index in [0.717, 1.165) is 19.3 Å². The lowest BCUT2D eigenvalue weighted by atomic mass is 9.94. The van der Waals surface area contributed by atoms with Crippen LogP contribution >= 0.6 is 11.6 Å². The average molecular weight is 530 g/mol. The molecule has 10 heteroatoms. The monoisotopic (exact) mass is 529 g/mol. The van der Waals surface area contributed by atoms with Crippen LogP contribution in [0.2, 0.25) is 5.02 Å². The highest BCUT2D eigenvalue weighted by Crippen LogP contribution is 2.38. The number of benzene rings is 2. The molecule has 1 aromatic heterocycles. The Labute approximate surface area is 218 Å². The molecular formula is C27H29ClFN3O5. The number of aromatic amines is 1. The van der Waals surface area contributed by atoms with Crippen LogP contribution in [0.4, 0.5) is 4.39 Å². The van der Waals surface area contributed by atoms with E-state index < -0.39 is 23.0 Å². The van der Waals surface area contributed by atoms with Crippen LogP contribution in [0.3, 0.4) is 0 Å². The molecule has 0 bridgehead atoms. The Kier molecular flexibility index (Phi) is 8.14. The van der Waals surface area contributed by atoms with Crippen molar-refractivity contribution in [1.82, 2.24) is 14.5 Å². The number of aromatic nitrogens is 2. The van der Waals surface area contributed by atoms with Crippen LogP contribution in [-0.2, 0) is 0 Å². The number of H-pyrrole nitrogens is 1. The molecule has 4 rings (SSSR count). The predicted octanol–water partition coefficient (Wildman–Crippen LogP) is 5.31. The molecule has 0 radical (unpaired) electrons. The van der Waals surface area contributed by atoms with E-state index in [1.165, 1.54) is 18.2 Å². The standard InChI is InChI=1S/C27H29ClFN3O5/c1-3-6-22(31-12-5-8-18(15-31)32-14-16(2)25(33)30-27(32)36)20-10-11-21(26(34)35)24(23(20)29)37-19-9-4-7-17(28)13-19/h4,7,9-11,13-14,18,22H,3,5-6,8,12,15H2,1-2H3,(H,34,35)(H,30,33,36)/t18-,22+/m0/s1. The first kappa shape index (κ1) is 26.6. The Morgan fingerprint density at radius 1 is 1.30 bits per heavy atom. The first-order valence-corrected chi connectivity index (χ1v) is 12.6. The minimum atomic E-state index is -1.31. The molecule has 1 fully saturated rings. The summed E-state index contributed by atoms with van der Waals surface area (Å²) in [6.45, 7) is 4.80. The van der Waals surface area contributed by atoms with Crippen molar-refractivity contribution in [2.75, 3.05) is 13.1 Å². The molecule has 1 aliphatic heterocycles. The number of carboxylic acid groups (broad SMARTS) is 1. The normalized spacial score (nSPS) is 16.9. The highest BCUT2D eigenvalue weighted by molar-refractivity contribution is 6.30. The number of hydrogen-bond acceptors (Lipinski definition) is 5. The number of carbonyl (C=O) groups is 1. The van der Waals surface area contributed by atoms with E-state index in [1.807, 2.05) is 6.92 Å². The molecule has 2 heterocycles. The van der Waals surface area contributed by atoms with E-state index in [0.29, 0.717) is 35.7 Å². The second-order valence-electron chi connectivity index (χ2n) is 9.28. The lowest BCUT2D eigenvalue weighted by Gasteiger charge is -2.39. The van der Waals surface area contributed by atoms with Gasteiger partial charge in [-0.15, -0.1) is 0 Å². The van der Waals surface area contributed by atoms with Crippen LogP contribution in [0.5, 0.6) is 11.5 Å². The molecule has 3 aromatic rings. The summed E-state index contributed by atoms with van der Waals surface area (Å²) >= 11 is 6.03. The van der Waals surface area contributed by atoms with Crippen molar-refractivity contribution in [2.45, 2.75) is 51.6 Å². The molecule has 2 N–H and O–H groups in total. The smallest absolute Gasteiger partial charge is 0.339 e. The number of nitrogens with one attached hydrogen (secondary N) is 1. The molecule has 2 atom stereocenters. The molecule has 0 spiro atoms. The number of carboxylic acids is 1. The maximum Gasteiger partial charge on any atom is 0.339 e. The number of likely N-dealkylation sites (tertiary alicyclic amines) is 1. The third-order valence-corrected chi connectivity index (χ3v) is 6.94. The third-order valence-electron chi connectivity index (χ3n) is 6.70. The van der Waals surface area contributed by atoms with E-state index in [4.69, 9.17) is 16.3 Å². The van der Waals surface area contributed by atoms with Gasteiger partial charge in [0.15, 0.2) is 11.6 Å². The van der Waals surface area contributed by atoms with Crippen LogP contribution in [0.1, 0.15) is 66.2 Å². The predicted molar refractivity (Wildman–Crippen MR) is 138 cm³/mol. The van der Waals surface area contributed by atoms with Gasteiger partial charge in [0.05, 0.1) is 6.04 Å². The summed E-state index contributed by atoms with van der Waals surface area (Å²) in [5.74, 6) is -2.18. The van der Waals surface area contributed by atoms with Gasteiger partial charge in [0, 0.05) is 34.9 Å². The van der Waals surface area contributed by atoms with Gasteiger partial charge in [-0.3, -0.25) is 19.2 Å². The van der Waals surface area contributed by atoms with Gasteiger partial charge in [0.1, 0.15) is 11.3 Å². The zero-order valence-corrected chi connectivity index (χ0v) is 21.4. The summed E-state index contributed by atoms with van der Waals surface area (Å²) in [4.78, 5) is 40.7. The lowest BCUT2D eigenvalue weighted by Crippen LogP contribution is -2.43. The van der Waals surface area contributed by atoms with Gasteiger partial charge in [-0.05, 0) is 57.0 Å². The summed E-state index contributed by atoms with van der Waals surface area (Å²) in [6.07, 6.45) is 4.46. The number of hydrogen-bond donors (Lipinski definition) is 2. The number of aromatic carboxylic acids is 1. The fourth-order valence-corrected chi connectivity index (χ4v) is 5.08. The second kappa shape index (κ2) is 11.3. The number of aryl methyl sites for hydroxylation is 1. The van der Waals surface area contributed by atoms with E-state index in [-0.39, 0.29) is 29.1 Å². The molecule has 2 aromatic carbocycles. The van der Waals surface area contributed by atoms with Gasteiger partial charge in [0.25, 0.3) is 5.56 Å². The SMILES string of the molecule is CCC[C@H](c1ccc(C(=O)O)c(Oc2cccc(Cl)c2)c1F)N1CCC[C@H](n2cc(C)c(=O)[nH]c2=O)C1. The van der Waals surface area contributed by atoms with Gasteiger partial charge >= 0.3 is 11.7 Å². The number of rotatable bonds is 8. The van der Waals surface area contributed by atoms with Crippen molar-refractivity contribution >= 4 is 17.6 Å². The maximum absolute atomic E-state index is 16.0. The zero-order valence-electron chi connectivity index (χ0n) is 20.7. The number of ether oxygens (including phenoxy) is 1. The van der Waals surface area contributed by atoms with Gasteiger partial charge in [-0.25, -0.2) is 14.0 Å². The maximum atomic E-state index is 16.0. The Balaban J connectivity index is 1.71. The molecule has 0 unspecified atom stereocenters. The van der Waals surface area contributed by atoms with E-state index in [1.54, 1.807) is 35.9 Å². The van der Waals surface area contributed by atoms with Crippen LogP contribution in [0.25, 0.3) is 0 Å². The molecule has 8 nitrogen and oxygen atoms in total. The van der Waals surface area contributed by atoms with Crippen molar-refractivity contribution in [3.63, 3.8) is 0 Å². The molecule has 0 aliphatic carbocycles. The van der Waals surface area contributed by atoms with Crippen molar-refractivity contribution in [3.05, 3.63) is 91.0 Å². The second-order valence-corrected chi connectivity index (χ2v) is 9.72. The molecule has 0 amide bonds. The summed E-state index contributed by atoms with van der Waals surface area (Å²) in [6, 6.07) is 8.64. The largest absolute Gasteiger partial charge is 0.478 e. The topological polar surface area (TPSA) is 105 Å². The molecule has 1 saturated heterocycles. The summed E-state index contributed by atoms with van der Waals surface area (Å²) in [7, 11) is 0. The fourth-order valence-electron chi connectivity index (χ4n) is 4.90. The van der Waals surface area contributed by atoms with E-state index in [9.17, 15) is 19.5 Å². The average Bonchev–Trinajstić information content (AvgIpc) is 2.86. The Hall–Kier alpha value is -3.43. The van der Waals surface area contributed by atoms with Gasteiger partial charge < -0.3 is 9.84 Å². The van der Waals surface area contributed by atoms with Gasteiger partial charge in [0.2, 0.25) is 0 Å². The first-order valence-electron chi connectivity index (χ1n) is 12.2. The molecule has 196 valence electrons. The highest BCUT2D eigenvalue weighted by Gasteiger charge is 2.32. The van der Waals surface area contributed by atoms with E-state index >= 15 is 4.39 Å². The Bertz CT molecular complexity index is 1420. The third kappa shape index (κ3) is 5.78. The Morgan fingerprint density at radius 3 is 2.78 bits per heavy atom. The molecule has 1 aliphatic rings. The van der Waals surface area contributed by atoms with Crippen LogP contribution in [0.15, 0.2) is 52.2 Å². The summed E-state index contributed by atoms with van der Waals surface area (Å²) in [5.41, 5.74) is -0.396. The van der Waals surface area contributed by atoms with Crippen LogP contribution < -0.4 is 16.0 Å². The van der Waals surface area contributed by atoms with Crippen LogP contribution in [0, 0.1) is 12.7 Å².